The Bertz CT molecular complexity index is 624. The highest BCUT2D eigenvalue weighted by Crippen LogP contribution is 2.35. The lowest BCUT2D eigenvalue weighted by atomic mass is 9.97. The molecule has 21 heavy (non-hydrogen) atoms. The predicted octanol–water partition coefficient (Wildman–Crippen LogP) is 4.13. The van der Waals surface area contributed by atoms with Crippen molar-refractivity contribution in [1.82, 2.24) is 0 Å². The lowest BCUT2D eigenvalue weighted by molar-refractivity contribution is 0.0697. The van der Waals surface area contributed by atoms with Gasteiger partial charge in [0.05, 0.1) is 5.56 Å². The summed E-state index contributed by atoms with van der Waals surface area (Å²) in [4.78, 5) is 11.0. The maximum Gasteiger partial charge on any atom is 0.335 e. The monoisotopic (exact) mass is 281 g/mol. The van der Waals surface area contributed by atoms with Crippen molar-refractivity contribution >= 4 is 11.7 Å². The van der Waals surface area contributed by atoms with E-state index in [0.29, 0.717) is 17.5 Å². The van der Waals surface area contributed by atoms with Gasteiger partial charge in [0.2, 0.25) is 0 Å². The standard InChI is InChI=1S/C18H19NO2/c20-18(21)15-7-4-8-16(12-15)19-17-10-9-14(11-17)13-5-2-1-3-6-13/h1-8,12,14,17,19H,9-11H2,(H,20,21). The Labute approximate surface area is 124 Å². The van der Waals surface area contributed by atoms with Crippen LogP contribution in [0.15, 0.2) is 54.6 Å². The lowest BCUT2D eigenvalue weighted by Crippen LogP contribution is -2.15. The molecule has 2 N–H and O–H groups in total. The fourth-order valence-electron chi connectivity index (χ4n) is 3.12. The summed E-state index contributed by atoms with van der Waals surface area (Å²) in [5.74, 6) is -0.279. The SMILES string of the molecule is O=C(O)c1cccc(NC2CCC(c3ccccc3)C2)c1. The molecule has 0 bridgehead atoms. The van der Waals surface area contributed by atoms with E-state index in [1.54, 1.807) is 18.2 Å². The molecule has 1 aliphatic rings. The minimum absolute atomic E-state index is 0.331. The fourth-order valence-corrected chi connectivity index (χ4v) is 3.12. The van der Waals surface area contributed by atoms with Gasteiger partial charge in [-0.2, -0.15) is 0 Å². The van der Waals surface area contributed by atoms with Gasteiger partial charge in [-0.15, -0.1) is 0 Å². The van der Waals surface area contributed by atoms with Gasteiger partial charge in [0.25, 0.3) is 0 Å². The molecule has 1 fully saturated rings. The number of aromatic carboxylic acids is 1. The Morgan fingerprint density at radius 1 is 1.05 bits per heavy atom. The molecule has 0 radical (unpaired) electrons. The topological polar surface area (TPSA) is 49.3 Å². The number of benzene rings is 2. The lowest BCUT2D eigenvalue weighted by Gasteiger charge is -2.15. The Morgan fingerprint density at radius 2 is 1.86 bits per heavy atom. The van der Waals surface area contributed by atoms with Gasteiger partial charge in [0, 0.05) is 11.7 Å². The van der Waals surface area contributed by atoms with Gasteiger partial charge in [-0.3, -0.25) is 0 Å². The maximum atomic E-state index is 11.0. The largest absolute Gasteiger partial charge is 0.478 e. The van der Waals surface area contributed by atoms with Crippen molar-refractivity contribution in [3.63, 3.8) is 0 Å². The van der Waals surface area contributed by atoms with Crippen molar-refractivity contribution in [3.8, 4) is 0 Å². The molecule has 108 valence electrons. The molecule has 3 heteroatoms. The molecule has 0 spiro atoms. The summed E-state index contributed by atoms with van der Waals surface area (Å²) in [5, 5.41) is 12.5. The van der Waals surface area contributed by atoms with Crippen LogP contribution >= 0.6 is 0 Å². The molecule has 0 aromatic heterocycles. The second-order valence-electron chi connectivity index (χ2n) is 5.65. The minimum Gasteiger partial charge on any atom is -0.478 e. The van der Waals surface area contributed by atoms with Gasteiger partial charge in [-0.1, -0.05) is 36.4 Å². The third kappa shape index (κ3) is 3.24. The van der Waals surface area contributed by atoms with Gasteiger partial charge in [-0.25, -0.2) is 4.79 Å². The molecular weight excluding hydrogens is 262 g/mol. The average Bonchev–Trinajstić information content (AvgIpc) is 2.97. The number of carboxylic acids is 1. The van der Waals surface area contributed by atoms with E-state index in [4.69, 9.17) is 5.11 Å². The van der Waals surface area contributed by atoms with Crippen LogP contribution in [-0.4, -0.2) is 17.1 Å². The third-order valence-electron chi connectivity index (χ3n) is 4.18. The normalized spacial score (nSPS) is 21.1. The zero-order chi connectivity index (χ0) is 14.7. The van der Waals surface area contributed by atoms with E-state index in [-0.39, 0.29) is 0 Å². The summed E-state index contributed by atoms with van der Waals surface area (Å²) >= 11 is 0. The number of anilines is 1. The van der Waals surface area contributed by atoms with Gasteiger partial charge < -0.3 is 10.4 Å². The zero-order valence-corrected chi connectivity index (χ0v) is 11.8. The van der Waals surface area contributed by atoms with Crippen molar-refractivity contribution in [1.29, 1.82) is 0 Å². The van der Waals surface area contributed by atoms with Crippen LogP contribution in [0.5, 0.6) is 0 Å². The summed E-state index contributed by atoms with van der Waals surface area (Å²) in [6.45, 7) is 0. The highest BCUT2D eigenvalue weighted by molar-refractivity contribution is 5.88. The van der Waals surface area contributed by atoms with Crippen LogP contribution < -0.4 is 5.32 Å². The molecule has 0 heterocycles. The summed E-state index contributed by atoms with van der Waals surface area (Å²) < 4.78 is 0. The van der Waals surface area contributed by atoms with Crippen LogP contribution in [0, 0.1) is 0 Å². The fraction of sp³-hybridized carbons (Fsp3) is 0.278. The molecule has 2 unspecified atom stereocenters. The van der Waals surface area contributed by atoms with E-state index < -0.39 is 5.97 Å². The highest BCUT2D eigenvalue weighted by Gasteiger charge is 2.25. The maximum absolute atomic E-state index is 11.0. The van der Waals surface area contributed by atoms with Crippen molar-refractivity contribution in [2.24, 2.45) is 0 Å². The van der Waals surface area contributed by atoms with Gasteiger partial charge in [0.15, 0.2) is 0 Å². The van der Waals surface area contributed by atoms with Crippen molar-refractivity contribution < 1.29 is 9.90 Å². The molecule has 0 aliphatic heterocycles. The second-order valence-corrected chi connectivity index (χ2v) is 5.65. The molecule has 3 rings (SSSR count). The first-order valence-corrected chi connectivity index (χ1v) is 7.37. The average molecular weight is 281 g/mol. The van der Waals surface area contributed by atoms with E-state index in [9.17, 15) is 4.79 Å². The summed E-state index contributed by atoms with van der Waals surface area (Å²) in [7, 11) is 0. The zero-order valence-electron chi connectivity index (χ0n) is 11.8. The smallest absolute Gasteiger partial charge is 0.335 e. The highest BCUT2D eigenvalue weighted by atomic mass is 16.4. The Kier molecular flexibility index (Phi) is 3.91. The molecule has 2 aromatic rings. The molecule has 1 aliphatic carbocycles. The minimum atomic E-state index is -0.882. The number of carboxylic acid groups (broad SMARTS) is 1. The quantitative estimate of drug-likeness (QED) is 0.885. The first-order valence-electron chi connectivity index (χ1n) is 7.37. The molecule has 3 nitrogen and oxygen atoms in total. The first kappa shape index (κ1) is 13.7. The van der Waals surface area contributed by atoms with E-state index >= 15 is 0 Å². The van der Waals surface area contributed by atoms with Crippen LogP contribution in [-0.2, 0) is 0 Å². The van der Waals surface area contributed by atoms with E-state index in [0.717, 1.165) is 18.5 Å². The Hall–Kier alpha value is -2.29. The number of hydrogen-bond donors (Lipinski definition) is 2. The Balaban J connectivity index is 1.65. The summed E-state index contributed by atoms with van der Waals surface area (Å²) in [6.07, 6.45) is 3.40. The van der Waals surface area contributed by atoms with Crippen LogP contribution in [0.2, 0.25) is 0 Å². The number of hydrogen-bond acceptors (Lipinski definition) is 2. The third-order valence-corrected chi connectivity index (χ3v) is 4.18. The van der Waals surface area contributed by atoms with E-state index in [2.05, 4.69) is 29.6 Å². The Morgan fingerprint density at radius 3 is 2.62 bits per heavy atom. The van der Waals surface area contributed by atoms with Crippen LogP contribution in [0.25, 0.3) is 0 Å². The molecule has 2 atom stereocenters. The van der Waals surface area contributed by atoms with Gasteiger partial charge in [-0.05, 0) is 48.9 Å². The molecule has 0 amide bonds. The molecule has 2 aromatic carbocycles. The van der Waals surface area contributed by atoms with E-state index in [1.807, 2.05) is 12.1 Å². The molecule has 0 saturated heterocycles. The first-order chi connectivity index (χ1) is 10.2. The van der Waals surface area contributed by atoms with Crippen molar-refractivity contribution in [2.75, 3.05) is 5.32 Å². The van der Waals surface area contributed by atoms with Gasteiger partial charge >= 0.3 is 5.97 Å². The van der Waals surface area contributed by atoms with Crippen molar-refractivity contribution in [3.05, 3.63) is 65.7 Å². The van der Waals surface area contributed by atoms with Crippen LogP contribution in [0.4, 0.5) is 5.69 Å². The van der Waals surface area contributed by atoms with Crippen molar-refractivity contribution in [2.45, 2.75) is 31.2 Å². The van der Waals surface area contributed by atoms with E-state index in [1.165, 1.54) is 12.0 Å². The van der Waals surface area contributed by atoms with Gasteiger partial charge in [0.1, 0.15) is 0 Å². The molecular formula is C18H19NO2. The number of carbonyl (C=O) groups is 1. The number of nitrogens with one attached hydrogen (secondary N) is 1. The predicted molar refractivity (Wildman–Crippen MR) is 83.8 cm³/mol. The molecule has 1 saturated carbocycles. The van der Waals surface area contributed by atoms with Crippen LogP contribution in [0.3, 0.4) is 0 Å². The number of rotatable bonds is 4. The summed E-state index contributed by atoms with van der Waals surface area (Å²) in [6, 6.07) is 18.1. The summed E-state index contributed by atoms with van der Waals surface area (Å²) in [5.41, 5.74) is 2.63. The second kappa shape index (κ2) is 6.00. The van der Waals surface area contributed by atoms with Crippen LogP contribution in [0.1, 0.15) is 41.1 Å².